The van der Waals surface area contributed by atoms with Crippen LogP contribution in [0.5, 0.6) is 5.75 Å². The van der Waals surface area contributed by atoms with E-state index < -0.39 is 0 Å². The number of nitrogens with zero attached hydrogens (tertiary/aromatic N) is 2. The third-order valence-corrected chi connectivity index (χ3v) is 8.76. The highest BCUT2D eigenvalue weighted by Gasteiger charge is 2.17. The van der Waals surface area contributed by atoms with Crippen molar-refractivity contribution in [3.63, 3.8) is 0 Å². The number of carbonyl (C=O) groups excluding carboxylic acids is 1. The normalized spacial score (nSPS) is 11.7. The molecule has 0 radical (unpaired) electrons. The third-order valence-electron chi connectivity index (χ3n) is 6.62. The molecule has 0 saturated carbocycles. The van der Waals surface area contributed by atoms with Gasteiger partial charge >= 0.3 is 0 Å². The van der Waals surface area contributed by atoms with Crippen LogP contribution in [-0.2, 0) is 0 Å². The van der Waals surface area contributed by atoms with Crippen LogP contribution in [0.3, 0.4) is 0 Å². The van der Waals surface area contributed by atoms with Gasteiger partial charge in [-0.05, 0) is 53.7 Å². The fourth-order valence-electron chi connectivity index (χ4n) is 4.47. The monoisotopic (exact) mass is 542 g/mol. The number of amides is 1. The molecule has 6 nitrogen and oxygen atoms in total. The molecule has 3 aromatic heterocycles. The van der Waals surface area contributed by atoms with Gasteiger partial charge in [-0.3, -0.25) is 4.79 Å². The lowest BCUT2D eigenvalue weighted by molar-refractivity contribution is 0.103. The topological polar surface area (TPSA) is 80.5 Å². The molecule has 0 spiro atoms. The molecule has 0 aliphatic rings. The van der Waals surface area contributed by atoms with Crippen LogP contribution in [0.2, 0.25) is 0 Å². The number of hydrogen-bond donors (Lipinski definition) is 2. The third kappa shape index (κ3) is 5.15. The van der Waals surface area contributed by atoms with Crippen molar-refractivity contribution in [3.8, 4) is 16.9 Å². The maximum atomic E-state index is 13.0. The van der Waals surface area contributed by atoms with E-state index in [0.717, 1.165) is 56.5 Å². The molecule has 0 saturated heterocycles. The standard InChI is InChI=1S/C30H30N4O2S2/c1-4-34(5-2)14-8-10-21-17-32-29(31)27-22(18-37-28(21)27)19-12-13-23(24(15-19)36-3)33-30(35)26-16-20-9-6-7-11-25(20)38-26/h6-13,15-18H,4-5,14H2,1-3H3,(H2,31,32)(H,33,35). The van der Waals surface area contributed by atoms with Crippen molar-refractivity contribution in [2.24, 2.45) is 0 Å². The number of likely N-dealkylation sites (N-methyl/N-ethyl adjacent to an activating group) is 1. The second-order valence-electron chi connectivity index (χ2n) is 8.86. The molecule has 38 heavy (non-hydrogen) atoms. The van der Waals surface area contributed by atoms with Crippen LogP contribution in [0.25, 0.3) is 37.4 Å². The fraction of sp³-hybridized carbons (Fsp3) is 0.200. The number of hydrogen-bond acceptors (Lipinski definition) is 7. The van der Waals surface area contributed by atoms with Crippen molar-refractivity contribution < 1.29 is 9.53 Å². The van der Waals surface area contributed by atoms with Crippen LogP contribution < -0.4 is 15.8 Å². The van der Waals surface area contributed by atoms with Crippen LogP contribution >= 0.6 is 22.7 Å². The average Bonchev–Trinajstić information content (AvgIpc) is 3.58. The van der Waals surface area contributed by atoms with Crippen molar-refractivity contribution in [1.82, 2.24) is 9.88 Å². The van der Waals surface area contributed by atoms with Gasteiger partial charge in [0.25, 0.3) is 5.91 Å². The molecule has 194 valence electrons. The van der Waals surface area contributed by atoms with Crippen molar-refractivity contribution in [3.05, 3.63) is 76.6 Å². The number of methoxy groups -OCH3 is 1. The molecule has 0 fully saturated rings. The highest BCUT2D eigenvalue weighted by atomic mass is 32.1. The molecule has 0 aliphatic carbocycles. The number of nitrogens with two attached hydrogens (primary N) is 1. The molecule has 5 rings (SSSR count). The molecule has 0 atom stereocenters. The van der Waals surface area contributed by atoms with Crippen LogP contribution in [0, 0.1) is 0 Å². The average molecular weight is 543 g/mol. The maximum Gasteiger partial charge on any atom is 0.265 e. The Kier molecular flexibility index (Phi) is 7.74. The summed E-state index contributed by atoms with van der Waals surface area (Å²) in [5.74, 6) is 0.921. The molecule has 5 aromatic rings. The molecule has 2 aromatic carbocycles. The summed E-state index contributed by atoms with van der Waals surface area (Å²) in [6.07, 6.45) is 6.14. The van der Waals surface area contributed by atoms with Crippen molar-refractivity contribution in [2.45, 2.75) is 13.8 Å². The van der Waals surface area contributed by atoms with Crippen molar-refractivity contribution in [1.29, 1.82) is 0 Å². The summed E-state index contributed by atoms with van der Waals surface area (Å²) in [6.45, 7) is 7.26. The van der Waals surface area contributed by atoms with Crippen molar-refractivity contribution in [2.75, 3.05) is 37.8 Å². The summed E-state index contributed by atoms with van der Waals surface area (Å²) < 4.78 is 7.85. The van der Waals surface area contributed by atoms with Gasteiger partial charge in [-0.2, -0.15) is 0 Å². The number of aromatic nitrogens is 1. The predicted octanol–water partition coefficient (Wildman–Crippen LogP) is 7.38. The van der Waals surface area contributed by atoms with Gasteiger partial charge in [0.2, 0.25) is 0 Å². The Morgan fingerprint density at radius 3 is 2.74 bits per heavy atom. The first-order valence-corrected chi connectivity index (χ1v) is 14.2. The van der Waals surface area contributed by atoms with E-state index in [1.807, 2.05) is 54.7 Å². The Morgan fingerprint density at radius 2 is 1.97 bits per heavy atom. The molecule has 3 N–H and O–H groups in total. The zero-order valence-electron chi connectivity index (χ0n) is 21.7. The smallest absolute Gasteiger partial charge is 0.265 e. The summed E-state index contributed by atoms with van der Waals surface area (Å²) in [7, 11) is 1.61. The van der Waals surface area contributed by atoms with Gasteiger partial charge in [-0.1, -0.05) is 50.3 Å². The van der Waals surface area contributed by atoms with Gasteiger partial charge < -0.3 is 20.7 Å². The van der Waals surface area contributed by atoms with E-state index in [1.165, 1.54) is 11.3 Å². The SMILES string of the molecule is CCN(CC)CC=Cc1cnc(N)c2c(-c3ccc(NC(=O)c4cc5ccccc5s4)c(OC)c3)csc12. The minimum Gasteiger partial charge on any atom is -0.495 e. The summed E-state index contributed by atoms with van der Waals surface area (Å²) in [5, 5.41) is 7.11. The number of carbonyl (C=O) groups is 1. The van der Waals surface area contributed by atoms with Gasteiger partial charge in [0, 0.05) is 38.7 Å². The van der Waals surface area contributed by atoms with Crippen LogP contribution in [0.1, 0.15) is 29.1 Å². The lowest BCUT2D eigenvalue weighted by Gasteiger charge is -2.14. The summed E-state index contributed by atoms with van der Waals surface area (Å²) in [4.78, 5) is 20.5. The lowest BCUT2D eigenvalue weighted by atomic mass is 10.0. The van der Waals surface area contributed by atoms with E-state index >= 15 is 0 Å². The maximum absolute atomic E-state index is 13.0. The summed E-state index contributed by atoms with van der Waals surface area (Å²) in [5.41, 5.74) is 9.98. The molecular formula is C30H30N4O2S2. The van der Waals surface area contributed by atoms with E-state index in [4.69, 9.17) is 10.5 Å². The Hall–Kier alpha value is -3.72. The number of anilines is 2. The minimum absolute atomic E-state index is 0.159. The molecule has 0 bridgehead atoms. The summed E-state index contributed by atoms with van der Waals surface area (Å²) >= 11 is 3.13. The number of ether oxygens (including phenoxy) is 1. The highest BCUT2D eigenvalue weighted by molar-refractivity contribution is 7.21. The van der Waals surface area contributed by atoms with Gasteiger partial charge in [0.05, 0.1) is 17.7 Å². The largest absolute Gasteiger partial charge is 0.495 e. The highest BCUT2D eigenvalue weighted by Crippen LogP contribution is 2.41. The molecule has 0 aliphatic heterocycles. The summed E-state index contributed by atoms with van der Waals surface area (Å²) in [6, 6.07) is 15.7. The van der Waals surface area contributed by atoms with Gasteiger partial charge in [0.1, 0.15) is 11.6 Å². The number of thiophene rings is 2. The number of nitrogens with one attached hydrogen (secondary N) is 1. The van der Waals surface area contributed by atoms with E-state index in [2.05, 4.69) is 46.6 Å². The van der Waals surface area contributed by atoms with Crippen LogP contribution in [-0.4, -0.2) is 42.5 Å². The van der Waals surface area contributed by atoms with Crippen LogP contribution in [0.15, 0.2) is 66.2 Å². The first-order chi connectivity index (χ1) is 18.5. The number of nitrogen functional groups attached to an aromatic ring is 1. The van der Waals surface area contributed by atoms with E-state index in [1.54, 1.807) is 18.4 Å². The van der Waals surface area contributed by atoms with E-state index in [0.29, 0.717) is 22.1 Å². The minimum atomic E-state index is -0.159. The quantitative estimate of drug-likeness (QED) is 0.203. The number of rotatable bonds is 9. The Morgan fingerprint density at radius 1 is 1.16 bits per heavy atom. The Balaban J connectivity index is 1.43. The number of benzene rings is 2. The second kappa shape index (κ2) is 11.3. The van der Waals surface area contributed by atoms with Crippen LogP contribution in [0.4, 0.5) is 11.5 Å². The molecular weight excluding hydrogens is 512 g/mol. The fourth-order valence-corrected chi connectivity index (χ4v) is 6.51. The zero-order chi connectivity index (χ0) is 26.6. The Bertz CT molecular complexity index is 1600. The lowest BCUT2D eigenvalue weighted by Crippen LogP contribution is -2.22. The second-order valence-corrected chi connectivity index (χ2v) is 10.8. The van der Waals surface area contributed by atoms with Crippen molar-refractivity contribution >= 4 is 66.3 Å². The zero-order valence-corrected chi connectivity index (χ0v) is 23.3. The molecule has 0 unspecified atom stereocenters. The van der Waals surface area contributed by atoms with E-state index in [-0.39, 0.29) is 5.91 Å². The van der Waals surface area contributed by atoms with Gasteiger partial charge in [-0.15, -0.1) is 22.7 Å². The Labute approximate surface area is 230 Å². The first kappa shape index (κ1) is 25.9. The molecule has 1 amide bonds. The number of fused-ring (bicyclic) bond motifs is 2. The molecule has 3 heterocycles. The molecule has 8 heteroatoms. The van der Waals surface area contributed by atoms with E-state index in [9.17, 15) is 4.79 Å². The first-order valence-electron chi connectivity index (χ1n) is 12.5. The predicted molar refractivity (Wildman–Crippen MR) is 163 cm³/mol. The number of pyridine rings is 1. The van der Waals surface area contributed by atoms with Gasteiger partial charge in [-0.25, -0.2) is 4.98 Å². The van der Waals surface area contributed by atoms with Gasteiger partial charge in [0.15, 0.2) is 0 Å².